The first-order chi connectivity index (χ1) is 9.69. The van der Waals surface area contributed by atoms with Gasteiger partial charge in [0.1, 0.15) is 12.4 Å². The number of aliphatic hydroxyl groups is 1. The number of halogens is 1. The smallest absolute Gasteiger partial charge is 0.188 e. The number of Topliss-reactive ketones (excluding diaryl/α,β-unsaturated/α-hetero) is 1. The summed E-state index contributed by atoms with van der Waals surface area (Å²) in [5.74, 6) is -0.667. The van der Waals surface area contributed by atoms with Gasteiger partial charge >= 0.3 is 0 Å². The average Bonchev–Trinajstić information content (AvgIpc) is 2.90. The number of fused-ring (bicyclic) bond motifs is 1. The summed E-state index contributed by atoms with van der Waals surface area (Å²) in [6, 6.07) is 11.0. The summed E-state index contributed by atoms with van der Waals surface area (Å²) in [7, 11) is 0. The maximum atomic E-state index is 13.0. The van der Waals surface area contributed by atoms with Crippen molar-refractivity contribution in [2.75, 3.05) is 6.61 Å². The summed E-state index contributed by atoms with van der Waals surface area (Å²) in [5, 5.41) is 14.0. The van der Waals surface area contributed by atoms with Crippen molar-refractivity contribution in [2.24, 2.45) is 0 Å². The fourth-order valence-corrected chi connectivity index (χ4v) is 2.07. The molecule has 0 aliphatic heterocycles. The molecule has 0 fully saturated rings. The van der Waals surface area contributed by atoms with Crippen molar-refractivity contribution in [3.05, 3.63) is 60.0 Å². The van der Waals surface area contributed by atoms with Gasteiger partial charge in [0.2, 0.25) is 0 Å². The molecular formula is C15H11FN2O2. The minimum absolute atomic E-state index is 0.318. The quantitative estimate of drug-likeness (QED) is 0.743. The number of aliphatic hydroxyl groups excluding tert-OH is 1. The summed E-state index contributed by atoms with van der Waals surface area (Å²) in [6.07, 6.45) is 1.67. The number of ketones is 1. The Labute approximate surface area is 114 Å². The Morgan fingerprint density at radius 2 is 1.95 bits per heavy atom. The minimum Gasteiger partial charge on any atom is -0.388 e. The zero-order valence-corrected chi connectivity index (χ0v) is 10.5. The highest BCUT2D eigenvalue weighted by Crippen LogP contribution is 2.20. The molecule has 1 N–H and O–H groups in total. The van der Waals surface area contributed by atoms with E-state index in [-0.39, 0.29) is 11.6 Å². The van der Waals surface area contributed by atoms with E-state index in [1.807, 2.05) is 0 Å². The van der Waals surface area contributed by atoms with Crippen LogP contribution in [0.1, 0.15) is 10.4 Å². The van der Waals surface area contributed by atoms with E-state index in [1.165, 1.54) is 12.1 Å². The molecule has 1 heterocycles. The van der Waals surface area contributed by atoms with Gasteiger partial charge in [-0.15, -0.1) is 0 Å². The lowest BCUT2D eigenvalue weighted by Crippen LogP contribution is -2.04. The third-order valence-electron chi connectivity index (χ3n) is 3.11. The second-order valence-corrected chi connectivity index (χ2v) is 4.39. The molecule has 0 aliphatic rings. The van der Waals surface area contributed by atoms with Gasteiger partial charge in [0.25, 0.3) is 0 Å². The highest BCUT2D eigenvalue weighted by Gasteiger charge is 2.09. The molecule has 0 saturated heterocycles. The van der Waals surface area contributed by atoms with E-state index in [4.69, 9.17) is 5.11 Å². The second-order valence-electron chi connectivity index (χ2n) is 4.39. The summed E-state index contributed by atoms with van der Waals surface area (Å²) in [6.45, 7) is -0.532. The van der Waals surface area contributed by atoms with Crippen LogP contribution in [0.2, 0.25) is 0 Å². The molecule has 0 saturated carbocycles. The molecule has 4 nitrogen and oxygen atoms in total. The monoisotopic (exact) mass is 270 g/mol. The molecule has 0 aliphatic carbocycles. The van der Waals surface area contributed by atoms with Crippen LogP contribution in [-0.2, 0) is 0 Å². The average molecular weight is 270 g/mol. The predicted octanol–water partition coefficient (Wildman–Crippen LogP) is 2.34. The Morgan fingerprint density at radius 3 is 2.65 bits per heavy atom. The Bertz CT molecular complexity index is 778. The van der Waals surface area contributed by atoms with Gasteiger partial charge in [-0.25, -0.2) is 9.07 Å². The van der Waals surface area contributed by atoms with Gasteiger partial charge in [0.15, 0.2) is 5.78 Å². The van der Waals surface area contributed by atoms with Crippen LogP contribution in [0.4, 0.5) is 4.39 Å². The first-order valence-corrected chi connectivity index (χ1v) is 6.07. The fraction of sp³-hybridized carbons (Fsp3) is 0.0667. The first kappa shape index (κ1) is 12.5. The van der Waals surface area contributed by atoms with Crippen LogP contribution in [-0.4, -0.2) is 27.3 Å². The van der Waals surface area contributed by atoms with Gasteiger partial charge < -0.3 is 5.11 Å². The molecule has 0 atom stereocenters. The van der Waals surface area contributed by atoms with Crippen molar-refractivity contribution in [3.63, 3.8) is 0 Å². The van der Waals surface area contributed by atoms with Crippen molar-refractivity contribution in [3.8, 4) is 5.69 Å². The molecule has 0 amide bonds. The lowest BCUT2D eigenvalue weighted by atomic mass is 10.1. The Kier molecular flexibility index (Phi) is 3.04. The molecule has 5 heteroatoms. The molecule has 3 aromatic rings. The van der Waals surface area contributed by atoms with Crippen LogP contribution in [0.3, 0.4) is 0 Å². The number of rotatable bonds is 3. The topological polar surface area (TPSA) is 55.1 Å². The highest BCUT2D eigenvalue weighted by molar-refractivity contribution is 6.00. The number of nitrogens with zero attached hydrogens (tertiary/aromatic N) is 2. The van der Waals surface area contributed by atoms with Crippen molar-refractivity contribution in [1.82, 2.24) is 9.78 Å². The van der Waals surface area contributed by atoms with E-state index < -0.39 is 6.61 Å². The third-order valence-corrected chi connectivity index (χ3v) is 3.11. The molecule has 100 valence electrons. The van der Waals surface area contributed by atoms with E-state index in [0.717, 1.165) is 10.9 Å². The number of carbonyl (C=O) groups excluding carboxylic acids is 1. The Balaban J connectivity index is 2.16. The van der Waals surface area contributed by atoms with E-state index in [0.29, 0.717) is 11.3 Å². The molecule has 0 bridgehead atoms. The summed E-state index contributed by atoms with van der Waals surface area (Å²) < 4.78 is 14.6. The zero-order chi connectivity index (χ0) is 14.1. The van der Waals surface area contributed by atoms with Gasteiger partial charge in [-0.1, -0.05) is 12.1 Å². The molecule has 0 spiro atoms. The fourth-order valence-electron chi connectivity index (χ4n) is 2.07. The lowest BCUT2D eigenvalue weighted by Gasteiger charge is -2.04. The van der Waals surface area contributed by atoms with Gasteiger partial charge in [0.05, 0.1) is 17.4 Å². The van der Waals surface area contributed by atoms with Crippen LogP contribution in [0.25, 0.3) is 16.6 Å². The molecule has 3 rings (SSSR count). The van der Waals surface area contributed by atoms with Crippen molar-refractivity contribution >= 4 is 16.7 Å². The van der Waals surface area contributed by atoms with Crippen LogP contribution >= 0.6 is 0 Å². The minimum atomic E-state index is -0.532. The lowest BCUT2D eigenvalue weighted by molar-refractivity contribution is 0.0904. The Hall–Kier alpha value is -2.53. The highest BCUT2D eigenvalue weighted by atomic mass is 19.1. The van der Waals surface area contributed by atoms with Gasteiger partial charge in [-0.2, -0.15) is 5.10 Å². The third kappa shape index (κ3) is 2.08. The molecule has 2 aromatic carbocycles. The van der Waals surface area contributed by atoms with Crippen molar-refractivity contribution in [2.45, 2.75) is 0 Å². The predicted molar refractivity (Wildman–Crippen MR) is 72.4 cm³/mol. The number of hydrogen-bond donors (Lipinski definition) is 1. The Morgan fingerprint density at radius 1 is 1.20 bits per heavy atom. The maximum absolute atomic E-state index is 13.0. The molecule has 0 unspecified atom stereocenters. The maximum Gasteiger partial charge on any atom is 0.188 e. The second kappa shape index (κ2) is 4.86. The standard InChI is InChI=1S/C15H11FN2O2/c16-12-3-5-13(6-4-12)18-14-7-10(15(20)9-19)1-2-11(14)8-17-18/h1-8,19H,9H2. The summed E-state index contributed by atoms with van der Waals surface area (Å²) in [5.41, 5.74) is 1.86. The first-order valence-electron chi connectivity index (χ1n) is 6.07. The molecule has 1 aromatic heterocycles. The molecule has 20 heavy (non-hydrogen) atoms. The number of aromatic nitrogens is 2. The number of carbonyl (C=O) groups is 1. The van der Waals surface area contributed by atoms with Gasteiger partial charge in [-0.05, 0) is 30.3 Å². The molecular weight excluding hydrogens is 259 g/mol. The van der Waals surface area contributed by atoms with Crippen LogP contribution < -0.4 is 0 Å². The van der Waals surface area contributed by atoms with Crippen LogP contribution in [0, 0.1) is 5.82 Å². The van der Waals surface area contributed by atoms with Crippen molar-refractivity contribution < 1.29 is 14.3 Å². The van der Waals surface area contributed by atoms with Crippen molar-refractivity contribution in [1.29, 1.82) is 0 Å². The number of hydrogen-bond acceptors (Lipinski definition) is 3. The normalized spacial score (nSPS) is 10.9. The van der Waals surface area contributed by atoms with E-state index >= 15 is 0 Å². The van der Waals surface area contributed by atoms with Gasteiger partial charge in [-0.3, -0.25) is 4.79 Å². The van der Waals surface area contributed by atoms with Crippen LogP contribution in [0.5, 0.6) is 0 Å². The summed E-state index contributed by atoms with van der Waals surface area (Å²) >= 11 is 0. The zero-order valence-electron chi connectivity index (χ0n) is 10.5. The SMILES string of the molecule is O=C(CO)c1ccc2cnn(-c3ccc(F)cc3)c2c1. The largest absolute Gasteiger partial charge is 0.388 e. The van der Waals surface area contributed by atoms with Gasteiger partial charge in [0, 0.05) is 10.9 Å². The summed E-state index contributed by atoms with van der Waals surface area (Å²) in [4.78, 5) is 11.5. The molecule has 0 radical (unpaired) electrons. The van der Waals surface area contributed by atoms with Crippen LogP contribution in [0.15, 0.2) is 48.7 Å². The van der Waals surface area contributed by atoms with E-state index in [9.17, 15) is 9.18 Å². The number of benzene rings is 2. The van der Waals surface area contributed by atoms with E-state index in [1.54, 1.807) is 41.2 Å². The van der Waals surface area contributed by atoms with E-state index in [2.05, 4.69) is 5.10 Å².